The molecule has 0 saturated heterocycles. The van der Waals surface area contributed by atoms with Crippen LogP contribution in [0.2, 0.25) is 0 Å². The van der Waals surface area contributed by atoms with Crippen LogP contribution in [0.4, 0.5) is 4.39 Å². The van der Waals surface area contributed by atoms with Gasteiger partial charge in [0.1, 0.15) is 30.1 Å². The van der Waals surface area contributed by atoms with Crippen LogP contribution in [0.1, 0.15) is 5.82 Å². The van der Waals surface area contributed by atoms with Gasteiger partial charge in [-0.3, -0.25) is 0 Å². The Morgan fingerprint density at radius 1 is 1.47 bits per heavy atom. The lowest BCUT2D eigenvalue weighted by Crippen LogP contribution is -2.24. The third kappa shape index (κ3) is 3.97. The Morgan fingerprint density at radius 3 is 2.89 bits per heavy atom. The fourth-order valence-electron chi connectivity index (χ4n) is 1.47. The Hall–Kier alpha value is -1.54. The summed E-state index contributed by atoms with van der Waals surface area (Å²) in [5, 5.41) is 20.7. The van der Waals surface area contributed by atoms with Crippen molar-refractivity contribution in [3.05, 3.63) is 34.3 Å². The van der Waals surface area contributed by atoms with Gasteiger partial charge in [-0.2, -0.15) is 0 Å². The molecule has 0 aliphatic heterocycles. The molecule has 0 radical (unpaired) electrons. The molecule has 8 heteroatoms. The lowest BCUT2D eigenvalue weighted by Gasteiger charge is -2.12. The summed E-state index contributed by atoms with van der Waals surface area (Å²) in [6.07, 6.45) is -0.788. The summed E-state index contributed by atoms with van der Waals surface area (Å²) in [6.45, 7) is 1.97. The number of aryl methyl sites for hydroxylation is 1. The van der Waals surface area contributed by atoms with E-state index in [4.69, 9.17) is 4.74 Å². The first-order chi connectivity index (χ1) is 9.04. The van der Waals surface area contributed by atoms with Crippen LogP contribution in [-0.2, 0) is 6.54 Å². The number of rotatable bonds is 5. The summed E-state index contributed by atoms with van der Waals surface area (Å²) in [4.78, 5) is 0. The van der Waals surface area contributed by atoms with E-state index >= 15 is 0 Å². The predicted molar refractivity (Wildman–Crippen MR) is 68.2 cm³/mol. The Balaban J connectivity index is 1.89. The SMILES string of the molecule is Cc1nnnn1C[C@H](O)COc1cc(F)cc(Br)c1. The molecular formula is C11H12BrFN4O2. The van der Waals surface area contributed by atoms with Gasteiger partial charge in [-0.25, -0.2) is 9.07 Å². The van der Waals surface area contributed by atoms with Gasteiger partial charge in [0.15, 0.2) is 0 Å². The topological polar surface area (TPSA) is 73.1 Å². The van der Waals surface area contributed by atoms with Gasteiger partial charge in [-0.15, -0.1) is 5.10 Å². The second kappa shape index (κ2) is 6.07. The van der Waals surface area contributed by atoms with E-state index in [1.54, 1.807) is 13.0 Å². The third-order valence-corrected chi connectivity index (χ3v) is 2.83. The number of halogens is 2. The second-order valence-electron chi connectivity index (χ2n) is 3.98. The average Bonchev–Trinajstić information content (AvgIpc) is 2.71. The van der Waals surface area contributed by atoms with Crippen molar-refractivity contribution in [3.8, 4) is 5.75 Å². The first-order valence-electron chi connectivity index (χ1n) is 5.54. The highest BCUT2D eigenvalue weighted by Crippen LogP contribution is 2.20. The van der Waals surface area contributed by atoms with Gasteiger partial charge in [-0.05, 0) is 29.5 Å². The quantitative estimate of drug-likeness (QED) is 0.895. The minimum atomic E-state index is -0.788. The number of hydrogen-bond acceptors (Lipinski definition) is 5. The lowest BCUT2D eigenvalue weighted by molar-refractivity contribution is 0.0880. The number of nitrogens with zero attached hydrogens (tertiary/aromatic N) is 4. The highest BCUT2D eigenvalue weighted by atomic mass is 79.9. The summed E-state index contributed by atoms with van der Waals surface area (Å²) < 4.78 is 20.5. The third-order valence-electron chi connectivity index (χ3n) is 2.37. The molecule has 0 unspecified atom stereocenters. The molecule has 0 bridgehead atoms. The molecule has 0 spiro atoms. The predicted octanol–water partition coefficient (Wildman–Crippen LogP) is 1.32. The van der Waals surface area contributed by atoms with Crippen molar-refractivity contribution in [3.63, 3.8) is 0 Å². The van der Waals surface area contributed by atoms with Crippen molar-refractivity contribution in [2.75, 3.05) is 6.61 Å². The van der Waals surface area contributed by atoms with Gasteiger partial charge in [0.2, 0.25) is 0 Å². The van der Waals surface area contributed by atoms with E-state index in [-0.39, 0.29) is 13.2 Å². The normalized spacial score (nSPS) is 12.4. The molecule has 2 rings (SSSR count). The van der Waals surface area contributed by atoms with E-state index < -0.39 is 11.9 Å². The van der Waals surface area contributed by atoms with Crippen LogP contribution in [0.15, 0.2) is 22.7 Å². The van der Waals surface area contributed by atoms with E-state index in [0.29, 0.717) is 16.0 Å². The maximum atomic E-state index is 13.1. The molecule has 1 aromatic carbocycles. The number of ether oxygens (including phenoxy) is 1. The molecule has 1 aromatic heterocycles. The Bertz CT molecular complexity index is 543. The first kappa shape index (κ1) is 13.9. The molecule has 19 heavy (non-hydrogen) atoms. The smallest absolute Gasteiger partial charge is 0.148 e. The lowest BCUT2D eigenvalue weighted by atomic mass is 10.3. The largest absolute Gasteiger partial charge is 0.491 e. The number of aromatic nitrogens is 4. The standard InChI is InChI=1S/C11H12BrFN4O2/c1-7-14-15-16-17(7)5-10(18)6-19-11-3-8(12)2-9(13)4-11/h2-4,10,18H,5-6H2,1H3/t10-/m0/s1. The molecule has 0 saturated carbocycles. The van der Waals surface area contributed by atoms with E-state index in [1.165, 1.54) is 16.8 Å². The van der Waals surface area contributed by atoms with Gasteiger partial charge >= 0.3 is 0 Å². The molecule has 0 aliphatic carbocycles. The highest BCUT2D eigenvalue weighted by molar-refractivity contribution is 9.10. The van der Waals surface area contributed by atoms with E-state index in [1.807, 2.05) is 0 Å². The van der Waals surface area contributed by atoms with Crippen LogP contribution in [0.3, 0.4) is 0 Å². The summed E-state index contributed by atoms with van der Waals surface area (Å²) >= 11 is 3.16. The monoisotopic (exact) mass is 330 g/mol. The molecule has 6 nitrogen and oxygen atoms in total. The zero-order chi connectivity index (χ0) is 13.8. The minimum Gasteiger partial charge on any atom is -0.491 e. The molecule has 1 atom stereocenters. The first-order valence-corrected chi connectivity index (χ1v) is 6.33. The molecule has 2 aromatic rings. The minimum absolute atomic E-state index is 0.0230. The average molecular weight is 331 g/mol. The molecule has 102 valence electrons. The van der Waals surface area contributed by atoms with Crippen LogP contribution in [0.5, 0.6) is 5.75 Å². The van der Waals surface area contributed by atoms with Crippen molar-refractivity contribution >= 4 is 15.9 Å². The number of tetrazole rings is 1. The van der Waals surface area contributed by atoms with Crippen molar-refractivity contribution in [2.45, 2.75) is 19.6 Å². The van der Waals surface area contributed by atoms with E-state index in [9.17, 15) is 9.50 Å². The zero-order valence-corrected chi connectivity index (χ0v) is 11.7. The number of hydrogen-bond donors (Lipinski definition) is 1. The fourth-order valence-corrected chi connectivity index (χ4v) is 1.92. The molecule has 1 heterocycles. The fraction of sp³-hybridized carbons (Fsp3) is 0.364. The van der Waals surface area contributed by atoms with Crippen LogP contribution in [-0.4, -0.2) is 38.0 Å². The van der Waals surface area contributed by atoms with E-state index in [0.717, 1.165) is 0 Å². The van der Waals surface area contributed by atoms with Crippen LogP contribution < -0.4 is 4.74 Å². The summed E-state index contributed by atoms with van der Waals surface area (Å²) in [7, 11) is 0. The number of benzene rings is 1. The maximum absolute atomic E-state index is 13.1. The summed E-state index contributed by atoms with van der Waals surface area (Å²) in [5.41, 5.74) is 0. The van der Waals surface area contributed by atoms with E-state index in [2.05, 4.69) is 31.5 Å². The van der Waals surface area contributed by atoms with Crippen LogP contribution >= 0.6 is 15.9 Å². The van der Waals surface area contributed by atoms with Gasteiger partial charge < -0.3 is 9.84 Å². The Morgan fingerprint density at radius 2 is 2.26 bits per heavy atom. The Labute approximate surface area is 117 Å². The second-order valence-corrected chi connectivity index (χ2v) is 4.89. The van der Waals surface area contributed by atoms with Gasteiger partial charge in [0.05, 0.1) is 6.54 Å². The van der Waals surface area contributed by atoms with Crippen molar-refractivity contribution < 1.29 is 14.2 Å². The molecule has 0 aliphatic rings. The Kier molecular flexibility index (Phi) is 4.43. The zero-order valence-electron chi connectivity index (χ0n) is 10.1. The van der Waals surface area contributed by atoms with Crippen LogP contribution in [0.25, 0.3) is 0 Å². The molecule has 0 fully saturated rings. The van der Waals surface area contributed by atoms with Crippen molar-refractivity contribution in [2.24, 2.45) is 0 Å². The molecule has 1 N–H and O–H groups in total. The molecule has 0 amide bonds. The van der Waals surface area contributed by atoms with Gasteiger partial charge in [0.25, 0.3) is 0 Å². The molecular weight excluding hydrogens is 319 g/mol. The van der Waals surface area contributed by atoms with Crippen molar-refractivity contribution in [1.29, 1.82) is 0 Å². The summed E-state index contributed by atoms with van der Waals surface area (Å²) in [6, 6.07) is 4.20. The summed E-state index contributed by atoms with van der Waals surface area (Å²) in [5.74, 6) is 0.544. The maximum Gasteiger partial charge on any atom is 0.148 e. The van der Waals surface area contributed by atoms with Gasteiger partial charge in [-0.1, -0.05) is 15.9 Å². The number of aliphatic hydroxyl groups excluding tert-OH is 1. The van der Waals surface area contributed by atoms with Crippen LogP contribution in [0, 0.1) is 12.7 Å². The van der Waals surface area contributed by atoms with Gasteiger partial charge in [0, 0.05) is 10.5 Å². The highest BCUT2D eigenvalue weighted by Gasteiger charge is 2.10. The van der Waals surface area contributed by atoms with Crippen molar-refractivity contribution in [1.82, 2.24) is 20.2 Å². The number of aliphatic hydroxyl groups is 1.